The standard InChI is InChI=1S/C20H30BF2NO5S/c1-19(2)20(3,4)29-21(28-19)15-10-11-16(24-30(25,26)18(22)23)17(12-15)27-13-14-8-6-5-7-9-14/h10-12,14,18,24H,5-9,13H2,1-4H3. The normalized spacial score (nSPS) is 21.8. The Morgan fingerprint density at radius 1 is 1.13 bits per heavy atom. The van der Waals surface area contributed by atoms with Crippen LogP contribution in [0.4, 0.5) is 14.5 Å². The minimum absolute atomic E-state index is 0.0219. The minimum atomic E-state index is -4.81. The summed E-state index contributed by atoms with van der Waals surface area (Å²) in [7, 11) is -5.49. The van der Waals surface area contributed by atoms with Crippen molar-refractivity contribution in [1.82, 2.24) is 0 Å². The van der Waals surface area contributed by atoms with Crippen LogP contribution < -0.4 is 14.9 Å². The minimum Gasteiger partial charge on any atom is -0.491 e. The average Bonchev–Trinajstić information content (AvgIpc) is 2.88. The van der Waals surface area contributed by atoms with Crippen molar-refractivity contribution < 1.29 is 31.2 Å². The number of halogens is 2. The van der Waals surface area contributed by atoms with Gasteiger partial charge < -0.3 is 14.0 Å². The quantitative estimate of drug-likeness (QED) is 0.645. The van der Waals surface area contributed by atoms with E-state index >= 15 is 0 Å². The maximum atomic E-state index is 12.9. The Bertz CT molecular complexity index is 841. The molecular weight excluding hydrogens is 415 g/mol. The summed E-state index contributed by atoms with van der Waals surface area (Å²) in [5.74, 6) is -2.98. The fraction of sp³-hybridized carbons (Fsp3) is 0.700. The van der Waals surface area contributed by atoms with Crippen LogP contribution in [0.2, 0.25) is 0 Å². The predicted octanol–water partition coefficient (Wildman–Crippen LogP) is 3.91. The summed E-state index contributed by atoms with van der Waals surface area (Å²) in [5, 5.41) is 0. The van der Waals surface area contributed by atoms with Crippen LogP contribution in [0.15, 0.2) is 18.2 Å². The lowest BCUT2D eigenvalue weighted by Gasteiger charge is -2.32. The second-order valence-corrected chi connectivity index (χ2v) is 10.7. The number of ether oxygens (including phenoxy) is 1. The monoisotopic (exact) mass is 445 g/mol. The van der Waals surface area contributed by atoms with Crippen molar-refractivity contribution in [3.63, 3.8) is 0 Å². The molecule has 10 heteroatoms. The van der Waals surface area contributed by atoms with Crippen molar-refractivity contribution >= 4 is 28.3 Å². The van der Waals surface area contributed by atoms with Gasteiger partial charge in [-0.2, -0.15) is 8.78 Å². The number of nitrogens with one attached hydrogen (secondary N) is 1. The number of rotatable bonds is 7. The van der Waals surface area contributed by atoms with E-state index in [9.17, 15) is 17.2 Å². The SMILES string of the molecule is CC1(C)OB(c2ccc(NS(=O)(=O)C(F)F)c(OCC3CCCCC3)c2)OC1(C)C. The molecule has 0 bridgehead atoms. The molecule has 1 aromatic rings. The molecule has 1 heterocycles. The maximum Gasteiger partial charge on any atom is 0.494 e. The lowest BCUT2D eigenvalue weighted by atomic mass is 9.79. The highest BCUT2D eigenvalue weighted by Crippen LogP contribution is 2.37. The van der Waals surface area contributed by atoms with Crippen LogP contribution in [0.25, 0.3) is 0 Å². The highest BCUT2D eigenvalue weighted by atomic mass is 32.2. The molecule has 0 radical (unpaired) electrons. The molecule has 0 spiro atoms. The molecule has 1 saturated carbocycles. The van der Waals surface area contributed by atoms with Crippen LogP contribution in [0.5, 0.6) is 5.75 Å². The number of anilines is 1. The molecule has 168 valence electrons. The third-order valence-corrected chi connectivity index (χ3v) is 7.19. The van der Waals surface area contributed by atoms with E-state index in [1.54, 1.807) is 12.1 Å². The van der Waals surface area contributed by atoms with Gasteiger partial charge in [-0.05, 0) is 64.1 Å². The molecule has 1 aromatic carbocycles. The first kappa shape index (κ1) is 23.3. The third-order valence-electron chi connectivity index (χ3n) is 6.22. The van der Waals surface area contributed by atoms with Gasteiger partial charge in [0.2, 0.25) is 0 Å². The summed E-state index contributed by atoms with van der Waals surface area (Å²) in [6.45, 7) is 8.12. The summed E-state index contributed by atoms with van der Waals surface area (Å²) < 4.78 is 69.1. The van der Waals surface area contributed by atoms with Gasteiger partial charge in [0.15, 0.2) is 0 Å². The van der Waals surface area contributed by atoms with Gasteiger partial charge >= 0.3 is 12.9 Å². The van der Waals surface area contributed by atoms with Crippen LogP contribution in [0.3, 0.4) is 0 Å². The molecule has 3 rings (SSSR count). The number of sulfonamides is 1. The van der Waals surface area contributed by atoms with Crippen molar-refractivity contribution in [3.8, 4) is 5.75 Å². The number of hydrogen-bond acceptors (Lipinski definition) is 5. The van der Waals surface area contributed by atoms with Gasteiger partial charge in [0.1, 0.15) is 5.75 Å². The molecule has 0 atom stereocenters. The Labute approximate surface area is 177 Å². The topological polar surface area (TPSA) is 73.9 Å². The Kier molecular flexibility index (Phi) is 6.70. The summed E-state index contributed by atoms with van der Waals surface area (Å²) >= 11 is 0. The highest BCUT2D eigenvalue weighted by molar-refractivity contribution is 7.93. The van der Waals surface area contributed by atoms with Gasteiger partial charge in [0.25, 0.3) is 10.0 Å². The summed E-state index contributed by atoms with van der Waals surface area (Å²) in [6, 6.07) is 4.61. The van der Waals surface area contributed by atoms with E-state index in [-0.39, 0.29) is 11.4 Å². The molecule has 1 aliphatic heterocycles. The van der Waals surface area contributed by atoms with Crippen LogP contribution >= 0.6 is 0 Å². The van der Waals surface area contributed by atoms with Crippen LogP contribution in [-0.2, 0) is 19.3 Å². The molecule has 6 nitrogen and oxygen atoms in total. The van der Waals surface area contributed by atoms with Gasteiger partial charge in [0.05, 0.1) is 23.5 Å². The molecule has 1 saturated heterocycles. The van der Waals surface area contributed by atoms with Gasteiger partial charge in [0, 0.05) is 0 Å². The first-order valence-corrected chi connectivity index (χ1v) is 11.9. The van der Waals surface area contributed by atoms with E-state index in [2.05, 4.69) is 0 Å². The van der Waals surface area contributed by atoms with Crippen molar-refractivity contribution in [2.75, 3.05) is 11.3 Å². The van der Waals surface area contributed by atoms with E-state index in [1.807, 2.05) is 32.4 Å². The van der Waals surface area contributed by atoms with E-state index in [4.69, 9.17) is 14.0 Å². The summed E-state index contributed by atoms with van der Waals surface area (Å²) in [6.07, 6.45) is 5.54. The second-order valence-electron chi connectivity index (χ2n) is 9.07. The van der Waals surface area contributed by atoms with Gasteiger partial charge in [-0.15, -0.1) is 0 Å². The molecule has 0 aromatic heterocycles. The molecule has 2 aliphatic rings. The smallest absolute Gasteiger partial charge is 0.491 e. The highest BCUT2D eigenvalue weighted by Gasteiger charge is 2.51. The number of hydrogen-bond donors (Lipinski definition) is 1. The largest absolute Gasteiger partial charge is 0.494 e. The first-order valence-electron chi connectivity index (χ1n) is 10.3. The summed E-state index contributed by atoms with van der Waals surface area (Å²) in [5.41, 5.74) is -0.480. The average molecular weight is 445 g/mol. The molecule has 0 amide bonds. The maximum absolute atomic E-state index is 12.9. The zero-order valence-electron chi connectivity index (χ0n) is 17.9. The number of benzene rings is 1. The van der Waals surface area contributed by atoms with Crippen molar-refractivity contribution in [2.45, 2.75) is 76.8 Å². The van der Waals surface area contributed by atoms with Crippen molar-refractivity contribution in [1.29, 1.82) is 0 Å². The summed E-state index contributed by atoms with van der Waals surface area (Å²) in [4.78, 5) is 0. The van der Waals surface area contributed by atoms with E-state index in [0.29, 0.717) is 18.0 Å². The second kappa shape index (κ2) is 8.63. The lowest BCUT2D eigenvalue weighted by molar-refractivity contribution is 0.00578. The molecule has 0 unspecified atom stereocenters. The Morgan fingerprint density at radius 2 is 1.73 bits per heavy atom. The van der Waals surface area contributed by atoms with E-state index < -0.39 is 34.1 Å². The fourth-order valence-electron chi connectivity index (χ4n) is 3.63. The fourth-order valence-corrected chi connectivity index (χ4v) is 4.19. The Hall–Kier alpha value is -1.39. The number of alkyl halides is 2. The molecule has 30 heavy (non-hydrogen) atoms. The van der Waals surface area contributed by atoms with Crippen LogP contribution in [-0.4, -0.2) is 39.1 Å². The van der Waals surface area contributed by atoms with Crippen molar-refractivity contribution in [3.05, 3.63) is 18.2 Å². The third kappa shape index (κ3) is 5.08. The molecule has 1 N–H and O–H groups in total. The van der Waals surface area contributed by atoms with E-state index in [1.165, 1.54) is 12.5 Å². The van der Waals surface area contributed by atoms with Gasteiger partial charge in [-0.25, -0.2) is 8.42 Å². The Balaban J connectivity index is 1.85. The zero-order valence-corrected chi connectivity index (χ0v) is 18.7. The Morgan fingerprint density at radius 3 is 2.30 bits per heavy atom. The van der Waals surface area contributed by atoms with Crippen LogP contribution in [0.1, 0.15) is 59.8 Å². The van der Waals surface area contributed by atoms with Crippen LogP contribution in [0, 0.1) is 5.92 Å². The molecule has 1 aliphatic carbocycles. The molecule has 2 fully saturated rings. The lowest BCUT2D eigenvalue weighted by Crippen LogP contribution is -2.41. The van der Waals surface area contributed by atoms with E-state index in [0.717, 1.165) is 25.7 Å². The zero-order chi connectivity index (χ0) is 22.2. The first-order chi connectivity index (χ1) is 13.9. The van der Waals surface area contributed by atoms with Crippen molar-refractivity contribution in [2.24, 2.45) is 5.92 Å². The van der Waals surface area contributed by atoms with Gasteiger partial charge in [-0.1, -0.05) is 25.3 Å². The van der Waals surface area contributed by atoms with Gasteiger partial charge in [-0.3, -0.25) is 4.72 Å². The predicted molar refractivity (Wildman–Crippen MR) is 113 cm³/mol. The molecular formula is C20H30BF2NO5S.